The number of esters is 1. The average Bonchev–Trinajstić information content (AvgIpc) is 3.22. The van der Waals surface area contributed by atoms with Crippen molar-refractivity contribution in [2.45, 2.75) is 19.4 Å². The van der Waals surface area contributed by atoms with Gasteiger partial charge in [-0.15, -0.1) is 0 Å². The molecule has 0 aliphatic rings. The number of benzene rings is 2. The summed E-state index contributed by atoms with van der Waals surface area (Å²) in [5.74, 6) is -0.252. The third-order valence-corrected chi connectivity index (χ3v) is 4.16. The molecule has 3 rings (SSSR count). The quantitative estimate of drug-likeness (QED) is 0.646. The van der Waals surface area contributed by atoms with Gasteiger partial charge in [-0.3, -0.25) is 4.79 Å². The van der Waals surface area contributed by atoms with E-state index < -0.39 is 5.97 Å². The van der Waals surface area contributed by atoms with Gasteiger partial charge >= 0.3 is 5.97 Å². The van der Waals surface area contributed by atoms with Gasteiger partial charge in [-0.25, -0.2) is 4.79 Å². The Hall–Kier alpha value is -3.34. The molecule has 1 aromatic heterocycles. The standard InChI is InChI=1S/C22H21NO4/c1-16(20-12-7-13-26-20)23-21(24)15-27-22(25)19-11-6-5-10-18(19)14-17-8-3-2-4-9-17/h2-13,16H,14-15H2,1H3,(H,23,24)/t16-/m1/s1. The lowest BCUT2D eigenvalue weighted by molar-refractivity contribution is -0.125. The van der Waals surface area contributed by atoms with E-state index in [1.165, 1.54) is 0 Å². The van der Waals surface area contributed by atoms with E-state index in [0.717, 1.165) is 11.1 Å². The summed E-state index contributed by atoms with van der Waals surface area (Å²) < 4.78 is 10.4. The minimum absolute atomic E-state index is 0.295. The average molecular weight is 363 g/mol. The van der Waals surface area contributed by atoms with Gasteiger partial charge in [0.1, 0.15) is 5.76 Å². The number of furan rings is 1. The Bertz CT molecular complexity index is 888. The van der Waals surface area contributed by atoms with Gasteiger partial charge in [0.05, 0.1) is 17.9 Å². The number of hydrogen-bond donors (Lipinski definition) is 1. The van der Waals surface area contributed by atoms with Crippen molar-refractivity contribution in [2.75, 3.05) is 6.61 Å². The third kappa shape index (κ3) is 5.07. The van der Waals surface area contributed by atoms with Crippen molar-refractivity contribution in [3.8, 4) is 0 Å². The van der Waals surface area contributed by atoms with E-state index in [9.17, 15) is 9.59 Å². The minimum atomic E-state index is -0.512. The van der Waals surface area contributed by atoms with Crippen molar-refractivity contribution in [3.05, 3.63) is 95.4 Å². The summed E-state index contributed by atoms with van der Waals surface area (Å²) in [6.45, 7) is 1.46. The SMILES string of the molecule is C[C@@H](NC(=O)COC(=O)c1ccccc1Cc1ccccc1)c1ccco1. The molecule has 0 saturated carbocycles. The molecule has 138 valence electrons. The molecule has 0 radical (unpaired) electrons. The first-order valence-corrected chi connectivity index (χ1v) is 8.75. The van der Waals surface area contributed by atoms with Crippen molar-refractivity contribution in [1.82, 2.24) is 5.32 Å². The Kier molecular flexibility index (Phi) is 6.05. The number of rotatable bonds is 7. The molecule has 0 unspecified atom stereocenters. The fourth-order valence-electron chi connectivity index (χ4n) is 2.79. The second kappa shape index (κ2) is 8.85. The summed E-state index contributed by atoms with van der Waals surface area (Å²) in [5.41, 5.74) is 2.43. The molecule has 0 bridgehead atoms. The van der Waals surface area contributed by atoms with Crippen molar-refractivity contribution < 1.29 is 18.7 Å². The van der Waals surface area contributed by atoms with Crippen LogP contribution in [0.15, 0.2) is 77.4 Å². The van der Waals surface area contributed by atoms with E-state index in [2.05, 4.69) is 5.32 Å². The van der Waals surface area contributed by atoms with E-state index in [1.54, 1.807) is 37.5 Å². The fraction of sp³-hybridized carbons (Fsp3) is 0.182. The molecular weight excluding hydrogens is 342 g/mol. The number of hydrogen-bond acceptors (Lipinski definition) is 4. The van der Waals surface area contributed by atoms with E-state index >= 15 is 0 Å². The van der Waals surface area contributed by atoms with Crippen molar-refractivity contribution in [3.63, 3.8) is 0 Å². The highest BCUT2D eigenvalue weighted by Gasteiger charge is 2.16. The molecular formula is C22H21NO4. The van der Waals surface area contributed by atoms with Crippen LogP contribution in [-0.2, 0) is 16.0 Å². The van der Waals surface area contributed by atoms with Gasteiger partial charge in [0.15, 0.2) is 6.61 Å². The maximum absolute atomic E-state index is 12.5. The first-order chi connectivity index (χ1) is 13.1. The summed E-state index contributed by atoms with van der Waals surface area (Å²) >= 11 is 0. The van der Waals surface area contributed by atoms with Crippen LogP contribution in [0.2, 0.25) is 0 Å². The van der Waals surface area contributed by atoms with Crippen LogP contribution in [0.4, 0.5) is 0 Å². The van der Waals surface area contributed by atoms with Gasteiger partial charge in [-0.05, 0) is 42.7 Å². The number of carbonyl (C=O) groups excluding carboxylic acids is 2. The second-order valence-electron chi connectivity index (χ2n) is 6.20. The molecule has 1 amide bonds. The Labute approximate surface area is 158 Å². The van der Waals surface area contributed by atoms with E-state index in [0.29, 0.717) is 17.7 Å². The first kappa shape index (κ1) is 18.5. The minimum Gasteiger partial charge on any atom is -0.467 e. The number of carbonyl (C=O) groups is 2. The highest BCUT2D eigenvalue weighted by Crippen LogP contribution is 2.16. The van der Waals surface area contributed by atoms with Crippen LogP contribution in [0.5, 0.6) is 0 Å². The number of amides is 1. The van der Waals surface area contributed by atoms with Gasteiger partial charge in [-0.2, -0.15) is 0 Å². The van der Waals surface area contributed by atoms with Crippen molar-refractivity contribution in [2.24, 2.45) is 0 Å². The third-order valence-electron chi connectivity index (χ3n) is 4.16. The summed E-state index contributed by atoms with van der Waals surface area (Å²) in [6.07, 6.45) is 2.16. The molecule has 27 heavy (non-hydrogen) atoms. The Balaban J connectivity index is 1.59. The van der Waals surface area contributed by atoms with Gasteiger partial charge in [0, 0.05) is 0 Å². The van der Waals surface area contributed by atoms with Gasteiger partial charge in [0.2, 0.25) is 0 Å². The normalized spacial score (nSPS) is 11.6. The monoisotopic (exact) mass is 363 g/mol. The van der Waals surface area contributed by atoms with Crippen LogP contribution in [0.1, 0.15) is 40.2 Å². The number of ether oxygens (including phenoxy) is 1. The first-order valence-electron chi connectivity index (χ1n) is 8.75. The highest BCUT2D eigenvalue weighted by molar-refractivity contribution is 5.92. The molecule has 5 heteroatoms. The molecule has 3 aromatic rings. The molecule has 0 fully saturated rings. The van der Waals surface area contributed by atoms with Crippen LogP contribution in [0.3, 0.4) is 0 Å². The topological polar surface area (TPSA) is 68.5 Å². The maximum atomic E-state index is 12.5. The molecule has 2 aromatic carbocycles. The molecule has 0 aliphatic heterocycles. The second-order valence-corrected chi connectivity index (χ2v) is 6.20. The molecule has 0 spiro atoms. The lowest BCUT2D eigenvalue weighted by Crippen LogP contribution is -2.31. The smallest absolute Gasteiger partial charge is 0.338 e. The largest absolute Gasteiger partial charge is 0.467 e. The molecule has 1 N–H and O–H groups in total. The highest BCUT2D eigenvalue weighted by atomic mass is 16.5. The van der Waals surface area contributed by atoms with Crippen LogP contribution in [0.25, 0.3) is 0 Å². The molecule has 1 heterocycles. The summed E-state index contributed by atoms with van der Waals surface area (Å²) in [6, 6.07) is 20.4. The summed E-state index contributed by atoms with van der Waals surface area (Å²) in [4.78, 5) is 24.5. The van der Waals surface area contributed by atoms with Crippen LogP contribution < -0.4 is 5.32 Å². The Morgan fingerprint density at radius 1 is 1.00 bits per heavy atom. The predicted molar refractivity (Wildman–Crippen MR) is 101 cm³/mol. The summed E-state index contributed by atoms with van der Waals surface area (Å²) in [7, 11) is 0. The van der Waals surface area contributed by atoms with Crippen LogP contribution in [-0.4, -0.2) is 18.5 Å². The predicted octanol–water partition coefficient (Wildman–Crippen LogP) is 3.90. The Morgan fingerprint density at radius 3 is 2.48 bits per heavy atom. The maximum Gasteiger partial charge on any atom is 0.338 e. The molecule has 1 atom stereocenters. The van der Waals surface area contributed by atoms with Crippen LogP contribution in [0, 0.1) is 0 Å². The van der Waals surface area contributed by atoms with Gasteiger partial charge < -0.3 is 14.5 Å². The molecule has 0 aliphatic carbocycles. The summed E-state index contributed by atoms with van der Waals surface area (Å²) in [5, 5.41) is 2.73. The van der Waals surface area contributed by atoms with Crippen molar-refractivity contribution in [1.29, 1.82) is 0 Å². The zero-order valence-electron chi connectivity index (χ0n) is 15.1. The van der Waals surface area contributed by atoms with E-state index in [-0.39, 0.29) is 18.6 Å². The molecule has 0 saturated heterocycles. The van der Waals surface area contributed by atoms with E-state index in [1.807, 2.05) is 42.5 Å². The fourth-order valence-corrected chi connectivity index (χ4v) is 2.79. The van der Waals surface area contributed by atoms with Gasteiger partial charge in [-0.1, -0.05) is 48.5 Å². The van der Waals surface area contributed by atoms with Crippen LogP contribution >= 0.6 is 0 Å². The lowest BCUT2D eigenvalue weighted by atomic mass is 10.00. The van der Waals surface area contributed by atoms with E-state index in [4.69, 9.17) is 9.15 Å². The number of nitrogens with one attached hydrogen (secondary N) is 1. The zero-order chi connectivity index (χ0) is 19.1. The zero-order valence-corrected chi connectivity index (χ0v) is 15.1. The van der Waals surface area contributed by atoms with Crippen molar-refractivity contribution >= 4 is 11.9 Å². The lowest BCUT2D eigenvalue weighted by Gasteiger charge is -2.12. The Morgan fingerprint density at radius 2 is 1.74 bits per heavy atom. The van der Waals surface area contributed by atoms with Gasteiger partial charge in [0.25, 0.3) is 5.91 Å². The molecule has 5 nitrogen and oxygen atoms in total.